The summed E-state index contributed by atoms with van der Waals surface area (Å²) < 4.78 is 4.65. The van der Waals surface area contributed by atoms with Gasteiger partial charge in [-0.3, -0.25) is 4.90 Å². The molecule has 1 aliphatic heterocycles. The van der Waals surface area contributed by atoms with Gasteiger partial charge in [-0.1, -0.05) is 24.3 Å². The molecule has 0 aromatic heterocycles. The average Bonchev–Trinajstić information content (AvgIpc) is 2.60. The number of aliphatic hydroxyl groups excluding tert-OH is 1. The minimum Gasteiger partial charge on any atom is -0.467 e. The topological polar surface area (TPSA) is 49.8 Å². The summed E-state index contributed by atoms with van der Waals surface area (Å²) in [6.45, 7) is 1.88. The number of hydrogen-bond acceptors (Lipinski definition) is 4. The number of carbonyl (C=O) groups excluding carboxylic acids is 1. The van der Waals surface area contributed by atoms with Crippen LogP contribution in [-0.4, -0.2) is 42.3 Å². The number of piperidine rings is 1. The third-order valence-corrected chi connectivity index (χ3v) is 5.24. The van der Waals surface area contributed by atoms with E-state index in [4.69, 9.17) is 0 Å². The maximum Gasteiger partial charge on any atom is 0.334 e. The van der Waals surface area contributed by atoms with Gasteiger partial charge in [0.15, 0.2) is 6.10 Å². The third-order valence-electron chi connectivity index (χ3n) is 5.24. The van der Waals surface area contributed by atoms with Crippen molar-refractivity contribution in [1.29, 1.82) is 0 Å². The first-order valence-corrected chi connectivity index (χ1v) is 8.28. The highest BCUT2D eigenvalue weighted by molar-refractivity contribution is 5.74. The van der Waals surface area contributed by atoms with E-state index >= 15 is 0 Å². The largest absolute Gasteiger partial charge is 0.467 e. The molecule has 22 heavy (non-hydrogen) atoms. The van der Waals surface area contributed by atoms with Crippen molar-refractivity contribution in [2.24, 2.45) is 5.92 Å². The predicted molar refractivity (Wildman–Crippen MR) is 84.4 cm³/mol. The molecule has 1 aliphatic carbocycles. The van der Waals surface area contributed by atoms with E-state index in [0.29, 0.717) is 6.04 Å². The van der Waals surface area contributed by atoms with Gasteiger partial charge in [-0.2, -0.15) is 0 Å². The fourth-order valence-corrected chi connectivity index (χ4v) is 3.97. The maximum absolute atomic E-state index is 11.5. The van der Waals surface area contributed by atoms with Crippen LogP contribution in [-0.2, 0) is 16.0 Å². The number of esters is 1. The molecule has 1 N–H and O–H groups in total. The van der Waals surface area contributed by atoms with Crippen molar-refractivity contribution in [2.45, 2.75) is 44.2 Å². The van der Waals surface area contributed by atoms with Gasteiger partial charge >= 0.3 is 5.97 Å². The molecule has 1 heterocycles. The lowest BCUT2D eigenvalue weighted by Gasteiger charge is -2.40. The molecule has 0 amide bonds. The molecule has 2 atom stereocenters. The number of fused-ring (bicyclic) bond motifs is 1. The quantitative estimate of drug-likeness (QED) is 0.871. The van der Waals surface area contributed by atoms with Crippen molar-refractivity contribution in [3.63, 3.8) is 0 Å². The number of benzene rings is 1. The Kier molecular flexibility index (Phi) is 4.79. The molecule has 120 valence electrons. The Bertz CT molecular complexity index is 523. The fraction of sp³-hybridized carbons (Fsp3) is 0.611. The van der Waals surface area contributed by atoms with Gasteiger partial charge in [0.2, 0.25) is 0 Å². The van der Waals surface area contributed by atoms with Gasteiger partial charge in [0.1, 0.15) is 0 Å². The number of likely N-dealkylation sites (tertiary alicyclic amines) is 1. The Labute approximate surface area is 132 Å². The number of hydrogen-bond donors (Lipinski definition) is 1. The Morgan fingerprint density at radius 1 is 1.27 bits per heavy atom. The lowest BCUT2D eigenvalue weighted by atomic mass is 9.84. The zero-order chi connectivity index (χ0) is 15.5. The number of rotatable bonds is 3. The van der Waals surface area contributed by atoms with Crippen LogP contribution in [0.25, 0.3) is 0 Å². The van der Waals surface area contributed by atoms with E-state index in [-0.39, 0.29) is 5.92 Å². The van der Waals surface area contributed by atoms with Gasteiger partial charge in [0.05, 0.1) is 7.11 Å². The van der Waals surface area contributed by atoms with Crippen LogP contribution >= 0.6 is 0 Å². The van der Waals surface area contributed by atoms with Gasteiger partial charge in [-0.25, -0.2) is 4.79 Å². The van der Waals surface area contributed by atoms with Crippen molar-refractivity contribution < 1.29 is 14.6 Å². The van der Waals surface area contributed by atoms with Gasteiger partial charge in [0.25, 0.3) is 0 Å². The van der Waals surface area contributed by atoms with Crippen molar-refractivity contribution >= 4 is 5.97 Å². The lowest BCUT2D eigenvalue weighted by molar-refractivity contribution is -0.154. The number of ether oxygens (including phenoxy) is 1. The van der Waals surface area contributed by atoms with Crippen molar-refractivity contribution in [3.8, 4) is 0 Å². The molecule has 4 heteroatoms. The molecule has 1 aromatic carbocycles. The number of aliphatic hydroxyl groups is 1. The summed E-state index contributed by atoms with van der Waals surface area (Å²) in [5.74, 6) is -0.469. The van der Waals surface area contributed by atoms with Gasteiger partial charge in [-0.05, 0) is 62.2 Å². The van der Waals surface area contributed by atoms with Crippen LogP contribution in [0, 0.1) is 5.92 Å². The van der Waals surface area contributed by atoms with Crippen LogP contribution in [0.3, 0.4) is 0 Å². The molecule has 0 bridgehead atoms. The molecule has 1 fully saturated rings. The summed E-state index contributed by atoms with van der Waals surface area (Å²) >= 11 is 0. The highest BCUT2D eigenvalue weighted by atomic mass is 16.5. The normalized spacial score (nSPS) is 24.5. The maximum atomic E-state index is 11.5. The van der Waals surface area contributed by atoms with E-state index < -0.39 is 12.1 Å². The van der Waals surface area contributed by atoms with E-state index in [9.17, 15) is 9.90 Å². The number of aryl methyl sites for hydroxylation is 1. The third kappa shape index (κ3) is 3.03. The number of nitrogens with zero attached hydrogens (tertiary/aromatic N) is 1. The summed E-state index contributed by atoms with van der Waals surface area (Å²) in [6, 6.07) is 9.26. The van der Waals surface area contributed by atoms with E-state index in [1.54, 1.807) is 0 Å². The molecular formula is C18H25NO3. The molecular weight excluding hydrogens is 278 g/mol. The van der Waals surface area contributed by atoms with E-state index in [1.165, 1.54) is 37.5 Å². The second-order valence-corrected chi connectivity index (χ2v) is 6.45. The lowest BCUT2D eigenvalue weighted by Crippen LogP contribution is -2.43. The first kappa shape index (κ1) is 15.5. The molecule has 1 aromatic rings. The molecule has 2 unspecified atom stereocenters. The van der Waals surface area contributed by atoms with Gasteiger partial charge in [0, 0.05) is 6.04 Å². The Hall–Kier alpha value is -1.39. The Morgan fingerprint density at radius 3 is 2.73 bits per heavy atom. The summed E-state index contributed by atoms with van der Waals surface area (Å²) in [7, 11) is 1.33. The monoisotopic (exact) mass is 303 g/mol. The fourth-order valence-electron chi connectivity index (χ4n) is 3.97. The van der Waals surface area contributed by atoms with Crippen LogP contribution in [0.4, 0.5) is 0 Å². The van der Waals surface area contributed by atoms with E-state index in [2.05, 4.69) is 33.9 Å². The highest BCUT2D eigenvalue weighted by Crippen LogP contribution is 2.36. The number of carbonyl (C=O) groups is 1. The molecule has 1 saturated heterocycles. The smallest absolute Gasteiger partial charge is 0.334 e. The minimum absolute atomic E-state index is 0.0301. The molecule has 0 saturated carbocycles. The summed E-state index contributed by atoms with van der Waals surface area (Å²) in [6.07, 6.45) is 4.38. The molecule has 4 nitrogen and oxygen atoms in total. The standard InChI is InChI=1S/C18H25NO3/c1-22-18(21)17(20)14-9-11-19(12-10-14)16-8-4-6-13-5-2-3-7-15(13)16/h2-3,5,7,14,16-17,20H,4,6,8-12H2,1H3. The van der Waals surface area contributed by atoms with Crippen LogP contribution in [0.5, 0.6) is 0 Å². The van der Waals surface area contributed by atoms with Crippen molar-refractivity contribution in [2.75, 3.05) is 20.2 Å². The highest BCUT2D eigenvalue weighted by Gasteiger charge is 2.34. The first-order valence-electron chi connectivity index (χ1n) is 8.28. The van der Waals surface area contributed by atoms with Gasteiger partial charge < -0.3 is 9.84 Å². The second kappa shape index (κ2) is 6.80. The predicted octanol–water partition coefficient (Wildman–Crippen LogP) is 2.31. The average molecular weight is 303 g/mol. The van der Waals surface area contributed by atoms with Crippen LogP contribution < -0.4 is 0 Å². The van der Waals surface area contributed by atoms with Crippen molar-refractivity contribution in [1.82, 2.24) is 4.90 Å². The van der Waals surface area contributed by atoms with Crippen LogP contribution in [0.15, 0.2) is 24.3 Å². The Morgan fingerprint density at radius 2 is 2.00 bits per heavy atom. The first-order chi connectivity index (χ1) is 10.7. The molecule has 3 rings (SSSR count). The zero-order valence-corrected chi connectivity index (χ0v) is 13.2. The second-order valence-electron chi connectivity index (χ2n) is 6.45. The van der Waals surface area contributed by atoms with Crippen LogP contribution in [0.2, 0.25) is 0 Å². The van der Waals surface area contributed by atoms with Crippen molar-refractivity contribution in [3.05, 3.63) is 35.4 Å². The summed E-state index contributed by atoms with van der Waals surface area (Å²) in [5, 5.41) is 10.0. The number of methoxy groups -OCH3 is 1. The van der Waals surface area contributed by atoms with Gasteiger partial charge in [-0.15, -0.1) is 0 Å². The zero-order valence-electron chi connectivity index (χ0n) is 13.2. The minimum atomic E-state index is -0.967. The Balaban J connectivity index is 1.64. The SMILES string of the molecule is COC(=O)C(O)C1CCN(C2CCCc3ccccc32)CC1. The molecule has 0 spiro atoms. The molecule has 2 aliphatic rings. The summed E-state index contributed by atoms with van der Waals surface area (Å²) in [5.41, 5.74) is 2.95. The summed E-state index contributed by atoms with van der Waals surface area (Å²) in [4.78, 5) is 14.0. The molecule has 0 radical (unpaired) electrons. The van der Waals surface area contributed by atoms with E-state index in [0.717, 1.165) is 25.9 Å². The van der Waals surface area contributed by atoms with Crippen LogP contribution in [0.1, 0.15) is 42.9 Å². The van der Waals surface area contributed by atoms with E-state index in [1.807, 2.05) is 0 Å².